The Morgan fingerprint density at radius 2 is 1.65 bits per heavy atom. The van der Waals surface area contributed by atoms with E-state index in [0.717, 1.165) is 11.1 Å². The summed E-state index contributed by atoms with van der Waals surface area (Å²) in [6.07, 6.45) is 0. The molecule has 0 N–H and O–H groups in total. The first-order valence-corrected chi connectivity index (χ1v) is 8.33. The number of esters is 2. The fraction of sp³-hybridized carbons (Fsp3) is 0.333. The van der Waals surface area contributed by atoms with Gasteiger partial charge in [0.25, 0.3) is 0 Å². The predicted molar refractivity (Wildman–Crippen MR) is 98.8 cm³/mol. The summed E-state index contributed by atoms with van der Waals surface area (Å²) in [5.41, 5.74) is 2.45. The Morgan fingerprint density at radius 3 is 2.23 bits per heavy atom. The normalized spacial score (nSPS) is 11.0. The largest absolute Gasteiger partial charge is 0.482 e. The third kappa shape index (κ3) is 5.09. The summed E-state index contributed by atoms with van der Waals surface area (Å²) >= 11 is 0. The molecule has 0 aliphatic rings. The Hall–Kier alpha value is -2.82. The van der Waals surface area contributed by atoms with Crippen LogP contribution >= 0.6 is 0 Å². The highest BCUT2D eigenvalue weighted by atomic mass is 16.6. The van der Waals surface area contributed by atoms with Gasteiger partial charge in [-0.1, -0.05) is 38.5 Å². The molecule has 0 bridgehead atoms. The van der Waals surface area contributed by atoms with Crippen LogP contribution in [0.3, 0.4) is 0 Å². The Bertz CT molecular complexity index is 785. The van der Waals surface area contributed by atoms with Gasteiger partial charge in [0, 0.05) is 0 Å². The number of aryl methyl sites for hydroxylation is 1. The van der Waals surface area contributed by atoms with Gasteiger partial charge >= 0.3 is 11.9 Å². The SMILES string of the molecule is COC(=O)c1ccc(OC(=O)COc2ccc(C)cc2C(C)(C)C)cc1. The van der Waals surface area contributed by atoms with Crippen LogP contribution in [0.25, 0.3) is 0 Å². The van der Waals surface area contributed by atoms with Crippen LogP contribution in [0.15, 0.2) is 42.5 Å². The van der Waals surface area contributed by atoms with Crippen LogP contribution in [0.4, 0.5) is 0 Å². The summed E-state index contributed by atoms with van der Waals surface area (Å²) in [6.45, 7) is 8.09. The number of rotatable bonds is 5. The Kier molecular flexibility index (Phi) is 6.03. The lowest BCUT2D eigenvalue weighted by Crippen LogP contribution is -2.20. The minimum Gasteiger partial charge on any atom is -0.482 e. The number of ether oxygens (including phenoxy) is 3. The quantitative estimate of drug-likeness (QED) is 0.597. The smallest absolute Gasteiger partial charge is 0.349 e. The minimum absolute atomic E-state index is 0.102. The second kappa shape index (κ2) is 8.04. The van der Waals surface area contributed by atoms with Gasteiger partial charge in [0.15, 0.2) is 6.61 Å². The topological polar surface area (TPSA) is 61.8 Å². The zero-order valence-electron chi connectivity index (χ0n) is 15.8. The lowest BCUT2D eigenvalue weighted by atomic mass is 9.85. The molecule has 0 aliphatic carbocycles. The van der Waals surface area contributed by atoms with Crippen molar-refractivity contribution in [3.63, 3.8) is 0 Å². The van der Waals surface area contributed by atoms with E-state index < -0.39 is 11.9 Å². The van der Waals surface area contributed by atoms with Crippen molar-refractivity contribution in [1.82, 2.24) is 0 Å². The standard InChI is InChI=1S/C21H24O5/c1-14-6-11-18(17(12-14)21(2,3)4)25-13-19(22)26-16-9-7-15(8-10-16)20(23)24-5/h6-12H,13H2,1-5H3. The molecule has 0 unspecified atom stereocenters. The van der Waals surface area contributed by atoms with Gasteiger partial charge < -0.3 is 14.2 Å². The van der Waals surface area contributed by atoms with Crippen molar-refractivity contribution >= 4 is 11.9 Å². The first-order valence-electron chi connectivity index (χ1n) is 8.33. The van der Waals surface area contributed by atoms with E-state index in [-0.39, 0.29) is 12.0 Å². The molecule has 0 radical (unpaired) electrons. The second-order valence-corrected chi connectivity index (χ2v) is 7.03. The molecule has 0 amide bonds. The van der Waals surface area contributed by atoms with E-state index in [1.54, 1.807) is 0 Å². The van der Waals surface area contributed by atoms with E-state index in [2.05, 4.69) is 31.6 Å². The first kappa shape index (κ1) is 19.5. The van der Waals surface area contributed by atoms with Crippen molar-refractivity contribution in [3.05, 3.63) is 59.2 Å². The lowest BCUT2D eigenvalue weighted by Gasteiger charge is -2.23. The van der Waals surface area contributed by atoms with E-state index in [1.807, 2.05) is 19.1 Å². The monoisotopic (exact) mass is 356 g/mol. The molecule has 0 heterocycles. The Labute approximate surface area is 153 Å². The lowest BCUT2D eigenvalue weighted by molar-refractivity contribution is -0.136. The summed E-state index contributed by atoms with van der Waals surface area (Å²) in [7, 11) is 1.31. The first-order chi connectivity index (χ1) is 12.2. The number of benzene rings is 2. The van der Waals surface area contributed by atoms with Crippen molar-refractivity contribution < 1.29 is 23.8 Å². The highest BCUT2D eigenvalue weighted by Crippen LogP contribution is 2.32. The average molecular weight is 356 g/mol. The Morgan fingerprint density at radius 1 is 1.00 bits per heavy atom. The van der Waals surface area contributed by atoms with Crippen LogP contribution in [-0.4, -0.2) is 25.7 Å². The van der Waals surface area contributed by atoms with Gasteiger partial charge in [-0.3, -0.25) is 0 Å². The summed E-state index contributed by atoms with van der Waals surface area (Å²) in [4.78, 5) is 23.4. The molecule has 138 valence electrons. The molecule has 26 heavy (non-hydrogen) atoms. The Balaban J connectivity index is 2.00. The maximum atomic E-state index is 12.0. The summed E-state index contributed by atoms with van der Waals surface area (Å²) < 4.78 is 15.5. The molecule has 2 aromatic rings. The molecular formula is C21H24O5. The van der Waals surface area contributed by atoms with Crippen molar-refractivity contribution in [2.45, 2.75) is 33.1 Å². The maximum Gasteiger partial charge on any atom is 0.349 e. The van der Waals surface area contributed by atoms with Crippen LogP contribution in [0.1, 0.15) is 42.3 Å². The third-order valence-corrected chi connectivity index (χ3v) is 3.80. The van der Waals surface area contributed by atoms with Crippen molar-refractivity contribution in [2.75, 3.05) is 13.7 Å². The van der Waals surface area contributed by atoms with Crippen LogP contribution in [-0.2, 0) is 14.9 Å². The highest BCUT2D eigenvalue weighted by molar-refractivity contribution is 5.89. The predicted octanol–water partition coefficient (Wildman–Crippen LogP) is 4.06. The molecule has 2 aromatic carbocycles. The van der Waals surface area contributed by atoms with Gasteiger partial charge in [-0.05, 0) is 48.2 Å². The van der Waals surface area contributed by atoms with E-state index in [1.165, 1.54) is 31.4 Å². The molecule has 5 nitrogen and oxygen atoms in total. The van der Waals surface area contributed by atoms with Gasteiger partial charge in [-0.15, -0.1) is 0 Å². The van der Waals surface area contributed by atoms with E-state index >= 15 is 0 Å². The van der Waals surface area contributed by atoms with Crippen LogP contribution in [0, 0.1) is 6.92 Å². The van der Waals surface area contributed by atoms with Crippen molar-refractivity contribution in [3.8, 4) is 11.5 Å². The molecule has 2 rings (SSSR count). The average Bonchev–Trinajstić information content (AvgIpc) is 2.60. The van der Waals surface area contributed by atoms with Crippen molar-refractivity contribution in [2.24, 2.45) is 0 Å². The number of hydrogen-bond acceptors (Lipinski definition) is 5. The zero-order valence-corrected chi connectivity index (χ0v) is 15.8. The van der Waals surface area contributed by atoms with Crippen LogP contribution in [0.5, 0.6) is 11.5 Å². The molecule has 0 saturated heterocycles. The fourth-order valence-electron chi connectivity index (χ4n) is 2.43. The van der Waals surface area contributed by atoms with E-state index in [4.69, 9.17) is 9.47 Å². The molecule has 0 fully saturated rings. The van der Waals surface area contributed by atoms with E-state index in [0.29, 0.717) is 17.1 Å². The minimum atomic E-state index is -0.517. The van der Waals surface area contributed by atoms with Gasteiger partial charge in [0.1, 0.15) is 11.5 Å². The zero-order chi connectivity index (χ0) is 19.3. The van der Waals surface area contributed by atoms with Crippen molar-refractivity contribution in [1.29, 1.82) is 0 Å². The molecule has 0 saturated carbocycles. The maximum absolute atomic E-state index is 12.0. The molecule has 0 aromatic heterocycles. The van der Waals surface area contributed by atoms with Gasteiger partial charge in [0.05, 0.1) is 12.7 Å². The molecule has 5 heteroatoms. The molecule has 0 spiro atoms. The van der Waals surface area contributed by atoms with E-state index in [9.17, 15) is 9.59 Å². The van der Waals surface area contributed by atoms with Gasteiger partial charge in [-0.25, -0.2) is 9.59 Å². The van der Waals surface area contributed by atoms with Crippen LogP contribution < -0.4 is 9.47 Å². The summed E-state index contributed by atoms with van der Waals surface area (Å²) in [5.74, 6) is 0.0452. The van der Waals surface area contributed by atoms with Gasteiger partial charge in [0.2, 0.25) is 0 Å². The van der Waals surface area contributed by atoms with Crippen LogP contribution in [0.2, 0.25) is 0 Å². The molecular weight excluding hydrogens is 332 g/mol. The molecule has 0 atom stereocenters. The number of carbonyl (C=O) groups excluding carboxylic acids is 2. The fourth-order valence-corrected chi connectivity index (χ4v) is 2.43. The summed E-state index contributed by atoms with van der Waals surface area (Å²) in [6, 6.07) is 12.0. The number of methoxy groups -OCH3 is 1. The number of hydrogen-bond donors (Lipinski definition) is 0. The summed E-state index contributed by atoms with van der Waals surface area (Å²) in [5, 5.41) is 0. The third-order valence-electron chi connectivity index (χ3n) is 3.80. The molecule has 0 aliphatic heterocycles. The highest BCUT2D eigenvalue weighted by Gasteiger charge is 2.20. The second-order valence-electron chi connectivity index (χ2n) is 7.03. The number of carbonyl (C=O) groups is 2. The van der Waals surface area contributed by atoms with Gasteiger partial charge in [-0.2, -0.15) is 0 Å².